The second kappa shape index (κ2) is 7.82. The van der Waals surface area contributed by atoms with Gasteiger partial charge >= 0.3 is 0 Å². The van der Waals surface area contributed by atoms with Crippen molar-refractivity contribution in [2.75, 3.05) is 0 Å². The third-order valence-electron chi connectivity index (χ3n) is 11.0. The van der Waals surface area contributed by atoms with Crippen LogP contribution >= 0.6 is 0 Å². The van der Waals surface area contributed by atoms with E-state index >= 15 is 0 Å². The molecule has 48 heavy (non-hydrogen) atoms. The third-order valence-corrected chi connectivity index (χ3v) is 11.0. The van der Waals surface area contributed by atoms with Gasteiger partial charge in [0.2, 0.25) is 0 Å². The van der Waals surface area contributed by atoms with Crippen LogP contribution in [0.1, 0.15) is 0 Å². The normalized spacial score (nSPS) is 13.0. The Morgan fingerprint density at radius 2 is 0.375 bits per heavy atom. The van der Waals surface area contributed by atoms with Crippen molar-refractivity contribution in [3.05, 3.63) is 109 Å². The number of hydrogen-bond donors (Lipinski definition) is 6. The Hall–Kier alpha value is -6.66. The molecule has 0 atom stereocenters. The Morgan fingerprint density at radius 1 is 0.188 bits per heavy atom. The van der Waals surface area contributed by atoms with E-state index < -0.39 is 0 Å². The molecule has 0 radical (unpaired) electrons. The van der Waals surface area contributed by atoms with Gasteiger partial charge in [-0.05, 0) is 72.8 Å². The van der Waals surface area contributed by atoms with Crippen molar-refractivity contribution in [2.24, 2.45) is 0 Å². The number of aromatic amines is 6. The summed E-state index contributed by atoms with van der Waals surface area (Å²) in [4.78, 5) is 22.2. The fourth-order valence-electron chi connectivity index (χ4n) is 8.79. The van der Waals surface area contributed by atoms with Gasteiger partial charge in [0.15, 0.2) is 0 Å². The molecule has 0 saturated heterocycles. The second-order valence-corrected chi connectivity index (χ2v) is 13.6. The summed E-state index contributed by atoms with van der Waals surface area (Å²) in [6.07, 6.45) is 0. The van der Waals surface area contributed by atoms with E-state index in [1.807, 2.05) is 0 Å². The van der Waals surface area contributed by atoms with Crippen molar-refractivity contribution < 1.29 is 0 Å². The number of H-pyrrole nitrogens is 6. The lowest BCUT2D eigenvalue weighted by atomic mass is 10.1. The minimum atomic E-state index is 1.14. The summed E-state index contributed by atoms with van der Waals surface area (Å²) in [6.45, 7) is 0. The van der Waals surface area contributed by atoms with Gasteiger partial charge in [-0.25, -0.2) is 0 Å². The van der Waals surface area contributed by atoms with Crippen molar-refractivity contribution in [1.29, 1.82) is 0 Å². The van der Waals surface area contributed by atoms with E-state index in [-0.39, 0.29) is 0 Å². The van der Waals surface area contributed by atoms with Crippen LogP contribution in [0, 0.1) is 0 Å². The summed E-state index contributed by atoms with van der Waals surface area (Å²) < 4.78 is 0. The molecule has 0 spiro atoms. The van der Waals surface area contributed by atoms with Crippen LogP contribution in [0.2, 0.25) is 0 Å². The average Bonchev–Trinajstić information content (AvgIpc) is 3.94. The molecule has 6 heterocycles. The highest BCUT2D eigenvalue weighted by atomic mass is 14.8. The summed E-state index contributed by atoms with van der Waals surface area (Å²) in [6, 6.07) is 40.1. The fraction of sp³-hybridized carbons (Fsp3) is 0. The molecule has 0 aliphatic heterocycles. The molecule has 6 N–H and O–H groups in total. The third kappa shape index (κ3) is 2.81. The van der Waals surface area contributed by atoms with E-state index in [2.05, 4.69) is 139 Å². The van der Waals surface area contributed by atoms with E-state index in [1.165, 1.54) is 75.7 Å². The van der Waals surface area contributed by atoms with Crippen LogP contribution in [0.15, 0.2) is 109 Å². The molecule has 6 heteroatoms. The van der Waals surface area contributed by atoms with Crippen LogP contribution in [-0.4, -0.2) is 29.9 Å². The van der Waals surface area contributed by atoms with E-state index in [1.54, 1.807) is 0 Å². The largest absolute Gasteiger partial charge is 0.354 e. The molecule has 0 unspecified atom stereocenters. The zero-order valence-corrected chi connectivity index (χ0v) is 25.4. The van der Waals surface area contributed by atoms with Crippen LogP contribution in [0.3, 0.4) is 0 Å². The Morgan fingerprint density at radius 3 is 0.625 bits per heavy atom. The summed E-state index contributed by atoms with van der Waals surface area (Å²) in [5.41, 5.74) is 13.9. The zero-order valence-electron chi connectivity index (χ0n) is 25.4. The molecular formula is C42H24N6. The molecule has 222 valence electrons. The summed E-state index contributed by atoms with van der Waals surface area (Å²) in [5, 5.41) is 14.8. The number of para-hydroxylation sites is 2. The predicted octanol–water partition coefficient (Wildman–Crippen LogP) is 11.5. The first-order chi connectivity index (χ1) is 23.7. The molecule has 0 aliphatic carbocycles. The number of aromatic nitrogens is 6. The lowest BCUT2D eigenvalue weighted by Crippen LogP contribution is -1.72. The van der Waals surface area contributed by atoms with Crippen molar-refractivity contribution in [2.45, 2.75) is 0 Å². The Balaban J connectivity index is 1.02. The quantitative estimate of drug-likeness (QED) is 0.0983. The monoisotopic (exact) mass is 612 g/mol. The maximum Gasteiger partial charge on any atom is 0.0472 e. The first-order valence-electron chi connectivity index (χ1n) is 16.4. The van der Waals surface area contributed by atoms with Crippen molar-refractivity contribution >= 4 is 131 Å². The number of benzene rings is 7. The van der Waals surface area contributed by atoms with Crippen LogP contribution < -0.4 is 0 Å². The summed E-state index contributed by atoms with van der Waals surface area (Å²) >= 11 is 0. The first kappa shape index (κ1) is 23.6. The Labute approximate surface area is 269 Å². The SMILES string of the molecule is c1ccc2c(c1)[nH]c1cc3c(cc12)[nH]c1cc2c(cc13)[nH]c1cc3c(cc12)[nH]c1cc2c(cc13)[nH]c1cc3c(cc12)[nH]c1ccccc13. The van der Waals surface area contributed by atoms with Crippen LogP contribution in [0.5, 0.6) is 0 Å². The van der Waals surface area contributed by atoms with Gasteiger partial charge in [-0.1, -0.05) is 36.4 Å². The van der Waals surface area contributed by atoms with Crippen LogP contribution in [-0.2, 0) is 0 Å². The second-order valence-electron chi connectivity index (χ2n) is 13.6. The molecule has 0 saturated carbocycles. The molecule has 7 aromatic carbocycles. The molecule has 6 nitrogen and oxygen atoms in total. The minimum absolute atomic E-state index is 1.14. The first-order valence-corrected chi connectivity index (χ1v) is 16.4. The standard InChI is InChI=1S/C42H24N6/c1-3-7-31-19(5-1)21-9-35-23(11-33(21)43-31)25-13-39-27(15-37(25)45-35)29-17-42-30(18-41(29)47-39)28-16-38-26(14-40(28)48-42)24-12-34-22(10-36(24)46-38)20-6-2-4-8-32(20)44-34/h1-18,43-48H. The van der Waals surface area contributed by atoms with Crippen molar-refractivity contribution in [1.82, 2.24) is 29.9 Å². The van der Waals surface area contributed by atoms with Gasteiger partial charge in [-0.3, -0.25) is 0 Å². The van der Waals surface area contributed by atoms with Crippen LogP contribution in [0.4, 0.5) is 0 Å². The number of rotatable bonds is 0. The highest BCUT2D eigenvalue weighted by Crippen LogP contribution is 2.40. The van der Waals surface area contributed by atoms with Gasteiger partial charge < -0.3 is 29.9 Å². The molecule has 0 aliphatic rings. The predicted molar refractivity (Wildman–Crippen MR) is 203 cm³/mol. The van der Waals surface area contributed by atoms with E-state index in [0.717, 1.165) is 55.2 Å². The molecule has 13 rings (SSSR count). The van der Waals surface area contributed by atoms with Gasteiger partial charge in [0.1, 0.15) is 0 Å². The average molecular weight is 613 g/mol. The van der Waals surface area contributed by atoms with Gasteiger partial charge in [0.25, 0.3) is 0 Å². The van der Waals surface area contributed by atoms with Gasteiger partial charge in [0.05, 0.1) is 0 Å². The zero-order chi connectivity index (χ0) is 30.8. The Kier molecular flexibility index (Phi) is 3.85. The van der Waals surface area contributed by atoms with Gasteiger partial charge in [0, 0.05) is 131 Å². The van der Waals surface area contributed by atoms with E-state index in [9.17, 15) is 0 Å². The van der Waals surface area contributed by atoms with Crippen molar-refractivity contribution in [3.63, 3.8) is 0 Å². The summed E-state index contributed by atoms with van der Waals surface area (Å²) in [5.74, 6) is 0. The highest BCUT2D eigenvalue weighted by molar-refractivity contribution is 6.25. The maximum absolute atomic E-state index is 3.77. The minimum Gasteiger partial charge on any atom is -0.354 e. The molecular weight excluding hydrogens is 589 g/mol. The number of nitrogens with one attached hydrogen (secondary N) is 6. The molecule has 6 aromatic heterocycles. The molecule has 0 bridgehead atoms. The topological polar surface area (TPSA) is 94.7 Å². The molecule has 0 fully saturated rings. The maximum atomic E-state index is 3.77. The van der Waals surface area contributed by atoms with Gasteiger partial charge in [-0.15, -0.1) is 0 Å². The lowest BCUT2D eigenvalue weighted by Gasteiger charge is -1.96. The van der Waals surface area contributed by atoms with Crippen molar-refractivity contribution in [3.8, 4) is 0 Å². The summed E-state index contributed by atoms with van der Waals surface area (Å²) in [7, 11) is 0. The smallest absolute Gasteiger partial charge is 0.0472 e. The van der Waals surface area contributed by atoms with E-state index in [0.29, 0.717) is 0 Å². The fourth-order valence-corrected chi connectivity index (χ4v) is 8.79. The molecule has 13 aromatic rings. The van der Waals surface area contributed by atoms with E-state index in [4.69, 9.17) is 0 Å². The van der Waals surface area contributed by atoms with Gasteiger partial charge in [-0.2, -0.15) is 0 Å². The van der Waals surface area contributed by atoms with Crippen LogP contribution in [0.25, 0.3) is 131 Å². The lowest BCUT2D eigenvalue weighted by molar-refractivity contribution is 1.54. The number of fused-ring (bicyclic) bond motifs is 18. The number of hydrogen-bond acceptors (Lipinski definition) is 0. The Bertz CT molecular complexity index is 3330. The highest BCUT2D eigenvalue weighted by Gasteiger charge is 2.16. The molecule has 0 amide bonds.